The van der Waals surface area contributed by atoms with Crippen molar-refractivity contribution in [2.24, 2.45) is 5.84 Å². The maximum atomic E-state index is 13.7. The van der Waals surface area contributed by atoms with E-state index in [1.165, 1.54) is 0 Å². The minimum atomic E-state index is -0.812. The molecule has 0 amide bonds. The third kappa shape index (κ3) is 2.78. The van der Waals surface area contributed by atoms with Gasteiger partial charge in [-0.2, -0.15) is 0 Å². The van der Waals surface area contributed by atoms with Crippen molar-refractivity contribution in [3.8, 4) is 0 Å². The van der Waals surface area contributed by atoms with E-state index in [-0.39, 0.29) is 10.7 Å². The summed E-state index contributed by atoms with van der Waals surface area (Å²) in [5, 5.41) is 2.65. The van der Waals surface area contributed by atoms with Crippen LogP contribution in [-0.4, -0.2) is 9.97 Å². The van der Waals surface area contributed by atoms with Crippen LogP contribution >= 0.6 is 11.6 Å². The van der Waals surface area contributed by atoms with Crippen LogP contribution in [0.3, 0.4) is 0 Å². The Bertz CT molecular complexity index is 640. The van der Waals surface area contributed by atoms with Crippen LogP contribution in [0.25, 0.3) is 0 Å². The summed E-state index contributed by atoms with van der Waals surface area (Å²) in [6.45, 7) is 3.36. The summed E-state index contributed by atoms with van der Waals surface area (Å²) in [6, 6.07) is 1.75. The smallest absolute Gasteiger partial charge is 0.151 e. The Morgan fingerprint density at radius 3 is 2.40 bits per heavy atom. The number of nitrogens with two attached hydrogens (primary N) is 1. The Kier molecular flexibility index (Phi) is 4.01. The molecule has 106 valence electrons. The maximum Gasteiger partial charge on any atom is 0.151 e. The molecular formula is C12H12ClF2N5. The standard InChI is InChI=1S/C12H12ClF2N5/c1-5-11(17-6(2)18-12(5)20-16)19-10-8(13)3-7(14)4-9(10)15/h3-4H,16H2,1-2H3,(H2,17,18,19,20). The van der Waals surface area contributed by atoms with Gasteiger partial charge in [0.1, 0.15) is 23.3 Å². The van der Waals surface area contributed by atoms with E-state index >= 15 is 0 Å². The highest BCUT2D eigenvalue weighted by molar-refractivity contribution is 6.33. The van der Waals surface area contributed by atoms with E-state index in [4.69, 9.17) is 17.4 Å². The largest absolute Gasteiger partial charge is 0.336 e. The lowest BCUT2D eigenvalue weighted by Crippen LogP contribution is -2.13. The quantitative estimate of drug-likeness (QED) is 0.600. The fourth-order valence-electron chi connectivity index (χ4n) is 1.67. The molecule has 0 aliphatic rings. The number of nitrogens with zero attached hydrogens (tertiary/aromatic N) is 2. The van der Waals surface area contributed by atoms with E-state index in [0.717, 1.165) is 12.1 Å². The van der Waals surface area contributed by atoms with Crippen LogP contribution in [0.15, 0.2) is 12.1 Å². The number of nitrogen functional groups attached to an aromatic ring is 1. The number of rotatable bonds is 3. The molecule has 0 radical (unpaired) electrons. The molecule has 0 saturated heterocycles. The van der Waals surface area contributed by atoms with Crippen molar-refractivity contribution in [2.75, 3.05) is 10.7 Å². The first kappa shape index (κ1) is 14.4. The molecule has 0 bridgehead atoms. The second-order valence-electron chi connectivity index (χ2n) is 4.11. The molecule has 0 fully saturated rings. The zero-order valence-electron chi connectivity index (χ0n) is 10.8. The topological polar surface area (TPSA) is 75.9 Å². The summed E-state index contributed by atoms with van der Waals surface area (Å²) in [7, 11) is 0. The van der Waals surface area contributed by atoms with Crippen molar-refractivity contribution >= 4 is 28.9 Å². The predicted molar refractivity (Wildman–Crippen MR) is 74.0 cm³/mol. The van der Waals surface area contributed by atoms with Gasteiger partial charge in [-0.25, -0.2) is 24.6 Å². The highest BCUT2D eigenvalue weighted by atomic mass is 35.5. The van der Waals surface area contributed by atoms with Gasteiger partial charge in [0.15, 0.2) is 5.82 Å². The number of hydrogen-bond acceptors (Lipinski definition) is 5. The molecule has 20 heavy (non-hydrogen) atoms. The van der Waals surface area contributed by atoms with Crippen LogP contribution in [-0.2, 0) is 0 Å². The number of anilines is 3. The average Bonchev–Trinajstić information content (AvgIpc) is 2.37. The van der Waals surface area contributed by atoms with Gasteiger partial charge >= 0.3 is 0 Å². The number of halogens is 3. The van der Waals surface area contributed by atoms with E-state index in [9.17, 15) is 8.78 Å². The Labute approximate surface area is 119 Å². The lowest BCUT2D eigenvalue weighted by atomic mass is 10.2. The zero-order chi connectivity index (χ0) is 14.9. The Morgan fingerprint density at radius 2 is 1.80 bits per heavy atom. The predicted octanol–water partition coefficient (Wildman–Crippen LogP) is 3.05. The minimum Gasteiger partial charge on any atom is -0.336 e. The van der Waals surface area contributed by atoms with Gasteiger partial charge in [0, 0.05) is 11.6 Å². The summed E-state index contributed by atoms with van der Waals surface area (Å²) in [5.74, 6) is 4.95. The van der Waals surface area contributed by atoms with Crippen LogP contribution in [0.1, 0.15) is 11.4 Å². The van der Waals surface area contributed by atoms with Crippen LogP contribution in [0.2, 0.25) is 5.02 Å². The normalized spacial score (nSPS) is 10.5. The van der Waals surface area contributed by atoms with Gasteiger partial charge in [-0.1, -0.05) is 11.6 Å². The maximum absolute atomic E-state index is 13.7. The van der Waals surface area contributed by atoms with Gasteiger partial charge in [0.25, 0.3) is 0 Å². The Morgan fingerprint density at radius 1 is 1.15 bits per heavy atom. The molecule has 8 heteroatoms. The monoisotopic (exact) mass is 299 g/mol. The summed E-state index contributed by atoms with van der Waals surface area (Å²) >= 11 is 5.82. The molecule has 0 unspecified atom stereocenters. The lowest BCUT2D eigenvalue weighted by molar-refractivity contribution is 0.586. The number of aromatic nitrogens is 2. The first-order chi connectivity index (χ1) is 9.42. The van der Waals surface area contributed by atoms with Gasteiger partial charge in [0.05, 0.1) is 10.7 Å². The molecule has 1 heterocycles. The fourth-order valence-corrected chi connectivity index (χ4v) is 1.91. The van der Waals surface area contributed by atoms with Crippen LogP contribution in [0, 0.1) is 25.5 Å². The number of hydrazine groups is 1. The third-order valence-electron chi connectivity index (χ3n) is 2.64. The van der Waals surface area contributed by atoms with Crippen molar-refractivity contribution in [1.29, 1.82) is 0 Å². The molecule has 2 aromatic rings. The molecule has 0 aliphatic carbocycles. The number of benzene rings is 1. The van der Waals surface area contributed by atoms with Gasteiger partial charge in [-0.3, -0.25) is 0 Å². The fraction of sp³-hybridized carbons (Fsp3) is 0.167. The molecule has 2 rings (SSSR count). The number of hydrogen-bond donors (Lipinski definition) is 3. The average molecular weight is 300 g/mol. The van der Waals surface area contributed by atoms with Gasteiger partial charge in [-0.05, 0) is 19.9 Å². The van der Waals surface area contributed by atoms with Crippen molar-refractivity contribution in [3.05, 3.63) is 40.2 Å². The van der Waals surface area contributed by atoms with Crippen LogP contribution in [0.4, 0.5) is 26.1 Å². The van der Waals surface area contributed by atoms with E-state index in [0.29, 0.717) is 23.0 Å². The highest BCUT2D eigenvalue weighted by Gasteiger charge is 2.14. The van der Waals surface area contributed by atoms with Gasteiger partial charge < -0.3 is 10.7 Å². The number of nitrogens with one attached hydrogen (secondary N) is 2. The lowest BCUT2D eigenvalue weighted by Gasteiger charge is -2.14. The van der Waals surface area contributed by atoms with Crippen LogP contribution < -0.4 is 16.6 Å². The third-order valence-corrected chi connectivity index (χ3v) is 2.94. The van der Waals surface area contributed by atoms with Gasteiger partial charge in [0.2, 0.25) is 0 Å². The number of aryl methyl sites for hydroxylation is 1. The van der Waals surface area contributed by atoms with E-state index in [2.05, 4.69) is 20.7 Å². The van der Waals surface area contributed by atoms with Crippen molar-refractivity contribution < 1.29 is 8.78 Å². The molecular weight excluding hydrogens is 288 g/mol. The van der Waals surface area contributed by atoms with Crippen LogP contribution in [0.5, 0.6) is 0 Å². The zero-order valence-corrected chi connectivity index (χ0v) is 11.5. The molecule has 0 aliphatic heterocycles. The Hall–Kier alpha value is -1.99. The van der Waals surface area contributed by atoms with Crippen molar-refractivity contribution in [1.82, 2.24) is 9.97 Å². The molecule has 0 atom stereocenters. The van der Waals surface area contributed by atoms with Crippen molar-refractivity contribution in [2.45, 2.75) is 13.8 Å². The summed E-state index contributed by atoms with van der Waals surface area (Å²) in [4.78, 5) is 8.22. The summed E-state index contributed by atoms with van der Waals surface area (Å²) < 4.78 is 26.7. The summed E-state index contributed by atoms with van der Waals surface area (Å²) in [5.41, 5.74) is 2.95. The molecule has 0 saturated carbocycles. The second kappa shape index (κ2) is 5.56. The highest BCUT2D eigenvalue weighted by Crippen LogP contribution is 2.31. The molecule has 1 aromatic heterocycles. The summed E-state index contributed by atoms with van der Waals surface area (Å²) in [6.07, 6.45) is 0. The molecule has 1 aromatic carbocycles. The van der Waals surface area contributed by atoms with E-state index in [1.807, 2.05) is 0 Å². The SMILES string of the molecule is Cc1nc(NN)c(C)c(Nc2c(F)cc(F)cc2Cl)n1. The van der Waals surface area contributed by atoms with Crippen molar-refractivity contribution in [3.63, 3.8) is 0 Å². The Balaban J connectivity index is 2.48. The molecule has 0 spiro atoms. The van der Waals surface area contributed by atoms with Gasteiger partial charge in [-0.15, -0.1) is 0 Å². The molecule has 5 nitrogen and oxygen atoms in total. The first-order valence-electron chi connectivity index (χ1n) is 5.65. The second-order valence-corrected chi connectivity index (χ2v) is 4.51. The minimum absolute atomic E-state index is 0.0581. The molecule has 4 N–H and O–H groups in total. The van der Waals surface area contributed by atoms with E-state index in [1.54, 1.807) is 13.8 Å². The first-order valence-corrected chi connectivity index (χ1v) is 6.03. The van der Waals surface area contributed by atoms with E-state index < -0.39 is 11.6 Å².